The molecular formula is C10H17NO3. The van der Waals surface area contributed by atoms with Gasteiger partial charge in [0.15, 0.2) is 6.79 Å². The van der Waals surface area contributed by atoms with E-state index in [4.69, 9.17) is 9.47 Å². The van der Waals surface area contributed by atoms with Crippen LogP contribution in [0.2, 0.25) is 0 Å². The summed E-state index contributed by atoms with van der Waals surface area (Å²) in [6.07, 6.45) is 5.77. The molecule has 0 aromatic rings. The van der Waals surface area contributed by atoms with Crippen molar-refractivity contribution in [3.05, 3.63) is 0 Å². The Balaban J connectivity index is 1.60. The van der Waals surface area contributed by atoms with Gasteiger partial charge in [-0.3, -0.25) is 0 Å². The molecule has 1 saturated heterocycles. The van der Waals surface area contributed by atoms with E-state index < -0.39 is 0 Å². The number of ether oxygens (including phenoxy) is 2. The standard InChI is InChI=1S/C10H17NO3/c12-10(11-6-2-1-3-7-11)14-8-13-9-4-5-9/h9H,1-8H2. The fourth-order valence-electron chi connectivity index (χ4n) is 1.58. The highest BCUT2D eigenvalue weighted by Crippen LogP contribution is 2.23. The zero-order valence-corrected chi connectivity index (χ0v) is 8.41. The van der Waals surface area contributed by atoms with Crippen molar-refractivity contribution in [2.24, 2.45) is 0 Å². The number of amides is 1. The SMILES string of the molecule is O=C(OCOC1CC1)N1CCCCC1. The van der Waals surface area contributed by atoms with Crippen molar-refractivity contribution >= 4 is 6.09 Å². The van der Waals surface area contributed by atoms with Crippen LogP contribution in [0.5, 0.6) is 0 Å². The molecule has 0 atom stereocenters. The lowest BCUT2D eigenvalue weighted by Crippen LogP contribution is -2.36. The summed E-state index contributed by atoms with van der Waals surface area (Å²) in [6.45, 7) is 1.80. The summed E-state index contributed by atoms with van der Waals surface area (Å²) < 4.78 is 10.2. The quantitative estimate of drug-likeness (QED) is 0.650. The molecule has 2 aliphatic rings. The second kappa shape index (κ2) is 4.64. The highest BCUT2D eigenvalue weighted by Gasteiger charge is 2.23. The molecule has 0 radical (unpaired) electrons. The molecule has 0 bridgehead atoms. The van der Waals surface area contributed by atoms with Crippen LogP contribution >= 0.6 is 0 Å². The van der Waals surface area contributed by atoms with Gasteiger partial charge in [0.2, 0.25) is 0 Å². The minimum absolute atomic E-state index is 0.125. The molecule has 2 rings (SSSR count). The van der Waals surface area contributed by atoms with Gasteiger partial charge < -0.3 is 14.4 Å². The van der Waals surface area contributed by atoms with Crippen LogP contribution in [-0.4, -0.2) is 37.0 Å². The first kappa shape index (κ1) is 9.77. The molecule has 4 heteroatoms. The molecule has 4 nitrogen and oxygen atoms in total. The number of hydrogen-bond donors (Lipinski definition) is 0. The largest absolute Gasteiger partial charge is 0.422 e. The third-order valence-electron chi connectivity index (χ3n) is 2.62. The molecule has 0 unspecified atom stereocenters. The van der Waals surface area contributed by atoms with Crippen molar-refractivity contribution in [3.8, 4) is 0 Å². The van der Waals surface area contributed by atoms with Gasteiger partial charge in [0, 0.05) is 13.1 Å². The van der Waals surface area contributed by atoms with E-state index in [2.05, 4.69) is 0 Å². The Labute approximate surface area is 84.2 Å². The Bertz CT molecular complexity index is 198. The van der Waals surface area contributed by atoms with Gasteiger partial charge in [0.05, 0.1) is 6.10 Å². The van der Waals surface area contributed by atoms with Crippen molar-refractivity contribution < 1.29 is 14.3 Å². The molecular weight excluding hydrogens is 182 g/mol. The van der Waals surface area contributed by atoms with Crippen LogP contribution in [0.15, 0.2) is 0 Å². The number of rotatable bonds is 3. The van der Waals surface area contributed by atoms with E-state index in [1.54, 1.807) is 4.90 Å². The van der Waals surface area contributed by atoms with Gasteiger partial charge >= 0.3 is 6.09 Å². The summed E-state index contributed by atoms with van der Waals surface area (Å²) in [6, 6.07) is 0. The van der Waals surface area contributed by atoms with Crippen LogP contribution in [0.4, 0.5) is 4.79 Å². The minimum atomic E-state index is -0.217. The Morgan fingerprint density at radius 3 is 2.57 bits per heavy atom. The zero-order valence-electron chi connectivity index (χ0n) is 8.41. The average molecular weight is 199 g/mol. The molecule has 1 aliphatic carbocycles. The summed E-state index contributed by atoms with van der Waals surface area (Å²) in [4.78, 5) is 13.2. The third kappa shape index (κ3) is 2.87. The lowest BCUT2D eigenvalue weighted by molar-refractivity contribution is -0.0365. The third-order valence-corrected chi connectivity index (χ3v) is 2.62. The van der Waals surface area contributed by atoms with E-state index >= 15 is 0 Å². The van der Waals surface area contributed by atoms with Gasteiger partial charge in [0.1, 0.15) is 0 Å². The topological polar surface area (TPSA) is 38.8 Å². The number of carbonyl (C=O) groups is 1. The lowest BCUT2D eigenvalue weighted by Gasteiger charge is -2.25. The predicted molar refractivity (Wildman–Crippen MR) is 50.9 cm³/mol. The van der Waals surface area contributed by atoms with E-state index in [0.29, 0.717) is 6.10 Å². The smallest absolute Gasteiger partial charge is 0.411 e. The molecule has 1 aliphatic heterocycles. The number of hydrogen-bond acceptors (Lipinski definition) is 3. The van der Waals surface area contributed by atoms with Gasteiger partial charge in [-0.15, -0.1) is 0 Å². The first-order chi connectivity index (χ1) is 6.86. The Hall–Kier alpha value is -0.770. The van der Waals surface area contributed by atoms with Crippen LogP contribution in [0, 0.1) is 0 Å². The van der Waals surface area contributed by atoms with Gasteiger partial charge in [-0.1, -0.05) is 0 Å². The van der Waals surface area contributed by atoms with E-state index in [1.165, 1.54) is 6.42 Å². The number of carbonyl (C=O) groups excluding carboxylic acids is 1. The van der Waals surface area contributed by atoms with E-state index in [-0.39, 0.29) is 12.9 Å². The Morgan fingerprint density at radius 2 is 1.93 bits per heavy atom. The number of nitrogens with zero attached hydrogens (tertiary/aromatic N) is 1. The second-order valence-corrected chi connectivity index (χ2v) is 3.94. The summed E-state index contributed by atoms with van der Waals surface area (Å²) in [7, 11) is 0. The molecule has 0 spiro atoms. The van der Waals surface area contributed by atoms with Crippen LogP contribution in [0.3, 0.4) is 0 Å². The maximum absolute atomic E-state index is 11.4. The molecule has 1 amide bonds. The van der Waals surface area contributed by atoms with Gasteiger partial charge in [0.25, 0.3) is 0 Å². The zero-order chi connectivity index (χ0) is 9.80. The van der Waals surface area contributed by atoms with E-state index in [0.717, 1.165) is 38.8 Å². The number of likely N-dealkylation sites (tertiary alicyclic amines) is 1. The number of piperidine rings is 1. The van der Waals surface area contributed by atoms with Crippen LogP contribution in [0.1, 0.15) is 32.1 Å². The van der Waals surface area contributed by atoms with Gasteiger partial charge in [-0.25, -0.2) is 4.79 Å². The predicted octanol–water partition coefficient (Wildman–Crippen LogP) is 1.75. The fraction of sp³-hybridized carbons (Fsp3) is 0.900. The first-order valence-electron chi connectivity index (χ1n) is 5.39. The fourth-order valence-corrected chi connectivity index (χ4v) is 1.58. The van der Waals surface area contributed by atoms with Crippen molar-refractivity contribution in [2.45, 2.75) is 38.2 Å². The van der Waals surface area contributed by atoms with E-state index in [9.17, 15) is 4.79 Å². The maximum Gasteiger partial charge on any atom is 0.411 e. The summed E-state index contributed by atoms with van der Waals surface area (Å²) in [5, 5.41) is 0. The molecule has 0 N–H and O–H groups in total. The Morgan fingerprint density at radius 1 is 1.21 bits per heavy atom. The highest BCUT2D eigenvalue weighted by molar-refractivity contribution is 5.67. The van der Waals surface area contributed by atoms with Crippen molar-refractivity contribution in [1.82, 2.24) is 4.90 Å². The van der Waals surface area contributed by atoms with E-state index in [1.807, 2.05) is 0 Å². The average Bonchev–Trinajstić information content (AvgIpc) is 3.03. The molecule has 2 fully saturated rings. The van der Waals surface area contributed by atoms with Crippen LogP contribution in [-0.2, 0) is 9.47 Å². The van der Waals surface area contributed by atoms with Crippen molar-refractivity contribution in [2.75, 3.05) is 19.9 Å². The van der Waals surface area contributed by atoms with Crippen molar-refractivity contribution in [1.29, 1.82) is 0 Å². The maximum atomic E-state index is 11.4. The van der Waals surface area contributed by atoms with Crippen LogP contribution in [0.25, 0.3) is 0 Å². The molecule has 14 heavy (non-hydrogen) atoms. The summed E-state index contributed by atoms with van der Waals surface area (Å²) >= 11 is 0. The Kier molecular flexibility index (Phi) is 3.24. The summed E-state index contributed by atoms with van der Waals surface area (Å²) in [5.74, 6) is 0. The molecule has 0 aromatic heterocycles. The first-order valence-corrected chi connectivity index (χ1v) is 5.39. The molecule has 1 heterocycles. The monoisotopic (exact) mass is 199 g/mol. The molecule has 1 saturated carbocycles. The lowest BCUT2D eigenvalue weighted by atomic mass is 10.1. The van der Waals surface area contributed by atoms with Crippen molar-refractivity contribution in [3.63, 3.8) is 0 Å². The van der Waals surface area contributed by atoms with Gasteiger partial charge in [-0.05, 0) is 32.1 Å². The second-order valence-electron chi connectivity index (χ2n) is 3.94. The molecule has 80 valence electrons. The minimum Gasteiger partial charge on any atom is -0.422 e. The summed E-state index contributed by atoms with van der Waals surface area (Å²) in [5.41, 5.74) is 0. The normalized spacial score (nSPS) is 22.1. The van der Waals surface area contributed by atoms with Gasteiger partial charge in [-0.2, -0.15) is 0 Å². The molecule has 0 aromatic carbocycles. The van der Waals surface area contributed by atoms with Crippen LogP contribution < -0.4 is 0 Å². The highest BCUT2D eigenvalue weighted by atomic mass is 16.7.